The van der Waals surface area contributed by atoms with E-state index in [1.807, 2.05) is 57.2 Å². The predicted octanol–water partition coefficient (Wildman–Crippen LogP) is 6.94. The molecule has 358 valence electrons. The topological polar surface area (TPSA) is 221 Å². The summed E-state index contributed by atoms with van der Waals surface area (Å²) in [6.45, 7) is 14.8. The summed E-state index contributed by atoms with van der Waals surface area (Å²) in [6.07, 6.45) is 1.44. The lowest BCUT2D eigenvalue weighted by molar-refractivity contribution is -0.164. The summed E-state index contributed by atoms with van der Waals surface area (Å²) >= 11 is 7.68. The molecule has 2 aliphatic rings. The molecule has 1 aromatic heterocycles. The molecule has 1 aliphatic heterocycles. The fraction of sp³-hybridized carbons (Fsp3) is 0.480. The molecular weight excluding hydrogens is 892 g/mol. The number of benzene rings is 3. The van der Waals surface area contributed by atoms with Crippen molar-refractivity contribution < 1.29 is 33.8 Å². The first-order valence-electron chi connectivity index (χ1n) is 22.6. The predicted molar refractivity (Wildman–Crippen MR) is 260 cm³/mol. The number of aliphatic hydroxyl groups excluding tert-OH is 1. The Bertz CT molecular complexity index is 2410. The van der Waals surface area contributed by atoms with Crippen molar-refractivity contribution in [3.05, 3.63) is 94.0 Å². The fourth-order valence-corrected chi connectivity index (χ4v) is 10.3. The van der Waals surface area contributed by atoms with Gasteiger partial charge in [-0.1, -0.05) is 84.3 Å². The molecule has 2 fully saturated rings. The number of carbonyl (C=O) groups excluding carboxylic acids is 4. The lowest BCUT2D eigenvalue weighted by atomic mass is 9.49. The fourth-order valence-electron chi connectivity index (χ4n) is 9.33. The molecule has 2 heterocycles. The molecule has 0 radical (unpaired) electrons. The molecule has 0 spiro atoms. The molecule has 4 amide bonds. The number of nitrogen functional groups attached to an aromatic ring is 1. The second-order valence-corrected chi connectivity index (χ2v) is 20.9. The van der Waals surface area contributed by atoms with Gasteiger partial charge in [-0.25, -0.2) is 4.98 Å². The number of nitrogens with zero attached hydrogens (tertiary/aromatic N) is 3. The summed E-state index contributed by atoms with van der Waals surface area (Å²) in [4.78, 5) is 60.1. The SMILES string of the molecule is CC(C)(C)C(NC(=O)COCCCCCNc1ccc(C(=O)NC2C(C)(C)C(Oc3ccc(C#N)c(Cl)c3)C2(C)C)cc1)C(=O)N1C[C@H](O)C[C@H]1C(=O)NCc1ccc(-c2scnc2N)cc1. The van der Waals surface area contributed by atoms with Crippen molar-refractivity contribution in [2.45, 2.75) is 111 Å². The minimum absolute atomic E-state index is 0.0197. The number of amides is 4. The number of thiazole rings is 1. The number of nitrogens with one attached hydrogen (secondary N) is 4. The minimum atomic E-state index is -0.955. The largest absolute Gasteiger partial charge is 0.489 e. The summed E-state index contributed by atoms with van der Waals surface area (Å²) < 4.78 is 12.0. The molecule has 7 N–H and O–H groups in total. The zero-order chi connectivity index (χ0) is 48.7. The van der Waals surface area contributed by atoms with Crippen LogP contribution in [0.25, 0.3) is 10.4 Å². The van der Waals surface area contributed by atoms with E-state index in [0.29, 0.717) is 40.9 Å². The van der Waals surface area contributed by atoms with Gasteiger partial charge in [-0.15, -0.1) is 11.3 Å². The monoisotopic (exact) mass is 954 g/mol. The number of carbonyl (C=O) groups is 4. The van der Waals surface area contributed by atoms with E-state index in [-0.39, 0.29) is 60.9 Å². The molecule has 15 nitrogen and oxygen atoms in total. The number of aliphatic hydroxyl groups is 1. The lowest BCUT2D eigenvalue weighted by Crippen LogP contribution is -2.74. The third-order valence-corrected chi connectivity index (χ3v) is 13.9. The second-order valence-electron chi connectivity index (χ2n) is 19.7. The van der Waals surface area contributed by atoms with Crippen LogP contribution in [0.15, 0.2) is 72.2 Å². The van der Waals surface area contributed by atoms with Crippen molar-refractivity contribution in [3.63, 3.8) is 0 Å². The smallest absolute Gasteiger partial charge is 0.251 e. The molecule has 1 unspecified atom stereocenters. The van der Waals surface area contributed by atoms with Crippen molar-refractivity contribution in [1.29, 1.82) is 5.26 Å². The minimum Gasteiger partial charge on any atom is -0.489 e. The van der Waals surface area contributed by atoms with E-state index in [9.17, 15) is 29.5 Å². The maximum atomic E-state index is 14.0. The van der Waals surface area contributed by atoms with Crippen LogP contribution in [-0.2, 0) is 25.7 Å². The molecule has 1 saturated carbocycles. The van der Waals surface area contributed by atoms with Crippen LogP contribution in [0.4, 0.5) is 11.5 Å². The van der Waals surface area contributed by atoms with Crippen LogP contribution in [0.3, 0.4) is 0 Å². The number of ether oxygens (including phenoxy) is 2. The van der Waals surface area contributed by atoms with Crippen LogP contribution in [0.1, 0.15) is 95.6 Å². The van der Waals surface area contributed by atoms with Gasteiger partial charge in [0.1, 0.15) is 42.4 Å². The number of unbranched alkanes of at least 4 members (excludes halogenated alkanes) is 2. The van der Waals surface area contributed by atoms with E-state index in [1.165, 1.54) is 16.2 Å². The highest BCUT2D eigenvalue weighted by Gasteiger charge is 2.64. The molecular formula is C50H63ClN8O7S. The Balaban J connectivity index is 0.878. The number of aromatic nitrogens is 1. The van der Waals surface area contributed by atoms with Crippen molar-refractivity contribution >= 4 is 58.1 Å². The molecule has 67 heavy (non-hydrogen) atoms. The van der Waals surface area contributed by atoms with Gasteiger partial charge in [0.05, 0.1) is 27.1 Å². The van der Waals surface area contributed by atoms with Gasteiger partial charge >= 0.3 is 0 Å². The van der Waals surface area contributed by atoms with Gasteiger partial charge in [-0.3, -0.25) is 19.2 Å². The van der Waals surface area contributed by atoms with E-state index in [0.717, 1.165) is 41.0 Å². The standard InChI is InChI=1S/C50H63ClN8O7S/c1-48(2,3)41(45(64)59-27-35(60)23-38(59)44(63)55-26-30-11-13-31(14-12-30)40-42(53)56-29-67-40)57-39(61)28-65-22-10-8-9-21-54-34-18-15-32(16-19-34)43(62)58-46-49(4,5)47(50(46,6)7)66-36-20-17-33(25-52)37(51)24-36/h11-20,24,29,35,38,41,46-47,54,60H,8-10,21-23,26-28,53H2,1-7H3,(H,55,63)(H,57,61)(H,58,62)/t35-,38+,41?,46?,47?/m1/s1. The Hall–Kier alpha value is -5.73. The number of likely N-dealkylation sites (tertiary alicyclic amines) is 1. The quantitative estimate of drug-likeness (QED) is 0.0529. The van der Waals surface area contributed by atoms with Crippen LogP contribution in [-0.4, -0.2) is 95.3 Å². The summed E-state index contributed by atoms with van der Waals surface area (Å²) in [5, 5.41) is 32.5. The maximum absolute atomic E-state index is 14.0. The van der Waals surface area contributed by atoms with Gasteiger partial charge in [0.2, 0.25) is 17.7 Å². The number of β-amino-alcohol motifs (C(OH)–C–C–N with tert-alkyl or cyclic N) is 1. The van der Waals surface area contributed by atoms with Gasteiger partial charge in [-0.05, 0) is 72.2 Å². The van der Waals surface area contributed by atoms with Crippen molar-refractivity contribution in [2.24, 2.45) is 16.2 Å². The van der Waals surface area contributed by atoms with E-state index >= 15 is 0 Å². The molecule has 1 aliphatic carbocycles. The molecule has 1 saturated heterocycles. The number of nitriles is 1. The van der Waals surface area contributed by atoms with Gasteiger partial charge < -0.3 is 46.5 Å². The Morgan fingerprint density at radius 3 is 2.34 bits per heavy atom. The summed E-state index contributed by atoms with van der Waals surface area (Å²) in [5.41, 5.74) is 9.80. The van der Waals surface area contributed by atoms with Gasteiger partial charge in [0, 0.05) is 66.9 Å². The lowest BCUT2D eigenvalue weighted by Gasteiger charge is -2.63. The maximum Gasteiger partial charge on any atom is 0.251 e. The first-order chi connectivity index (χ1) is 31.7. The van der Waals surface area contributed by atoms with Crippen molar-refractivity contribution in [2.75, 3.05) is 37.4 Å². The van der Waals surface area contributed by atoms with Crippen LogP contribution in [0.2, 0.25) is 5.02 Å². The molecule has 6 rings (SSSR count). The van der Waals surface area contributed by atoms with E-state index in [2.05, 4.69) is 60.0 Å². The number of rotatable bonds is 19. The Morgan fingerprint density at radius 1 is 1.01 bits per heavy atom. The zero-order valence-electron chi connectivity index (χ0n) is 39.3. The number of nitrogens with two attached hydrogens (primary N) is 1. The van der Waals surface area contributed by atoms with E-state index < -0.39 is 35.4 Å². The molecule has 0 bridgehead atoms. The number of hydrogen-bond donors (Lipinski definition) is 6. The van der Waals surface area contributed by atoms with Crippen LogP contribution in [0, 0.1) is 27.6 Å². The first-order valence-corrected chi connectivity index (χ1v) is 23.9. The molecule has 3 aromatic carbocycles. The molecule has 3 atom stereocenters. The molecule has 17 heteroatoms. The summed E-state index contributed by atoms with van der Waals surface area (Å²) in [7, 11) is 0. The second kappa shape index (κ2) is 21.5. The average Bonchev–Trinajstić information content (AvgIpc) is 3.91. The van der Waals surface area contributed by atoms with Crippen molar-refractivity contribution in [1.82, 2.24) is 25.8 Å². The van der Waals surface area contributed by atoms with Crippen LogP contribution in [0.5, 0.6) is 5.75 Å². The van der Waals surface area contributed by atoms with Gasteiger partial charge in [0.25, 0.3) is 5.91 Å². The Morgan fingerprint density at radius 2 is 1.72 bits per heavy atom. The van der Waals surface area contributed by atoms with Crippen molar-refractivity contribution in [3.8, 4) is 22.3 Å². The zero-order valence-corrected chi connectivity index (χ0v) is 40.9. The molecule has 4 aromatic rings. The third kappa shape index (κ3) is 12.2. The average molecular weight is 956 g/mol. The van der Waals surface area contributed by atoms with Crippen LogP contribution < -0.4 is 31.7 Å². The number of anilines is 2. The van der Waals surface area contributed by atoms with Gasteiger partial charge in [-0.2, -0.15) is 5.26 Å². The highest BCUT2D eigenvalue weighted by molar-refractivity contribution is 7.13. The number of hydrogen-bond acceptors (Lipinski definition) is 12. The number of halogens is 1. The third-order valence-electron chi connectivity index (χ3n) is 12.7. The highest BCUT2D eigenvalue weighted by Crippen LogP contribution is 2.55. The normalized spacial score (nSPS) is 19.9. The van der Waals surface area contributed by atoms with E-state index in [1.54, 1.807) is 35.8 Å². The Labute approximate surface area is 402 Å². The highest BCUT2D eigenvalue weighted by atomic mass is 35.5. The first kappa shape index (κ1) is 50.7. The summed E-state index contributed by atoms with van der Waals surface area (Å²) in [5.74, 6) is -0.393. The van der Waals surface area contributed by atoms with Crippen LogP contribution >= 0.6 is 22.9 Å². The summed E-state index contributed by atoms with van der Waals surface area (Å²) in [6, 6.07) is 20.1. The van der Waals surface area contributed by atoms with Gasteiger partial charge in [0.15, 0.2) is 0 Å². The van der Waals surface area contributed by atoms with E-state index in [4.69, 9.17) is 26.8 Å². The Kier molecular flexibility index (Phi) is 16.3.